The monoisotopic (exact) mass is 559 g/mol. The maximum atomic E-state index is 2.31. The third-order valence-electron chi connectivity index (χ3n) is 9.50. The standard InChI is InChI=1S/4C10H13.Al/c4*1-2-3-7-10-8-5-4-6-9-10;/h4*4-6,8-9H,1-3,7H2;/q;;;;-1. The summed E-state index contributed by atoms with van der Waals surface area (Å²) in [6.07, 6.45) is 16.1. The Morgan fingerprint density at radius 1 is 0.268 bits per heavy atom. The van der Waals surface area contributed by atoms with E-state index in [1.807, 2.05) is 0 Å². The van der Waals surface area contributed by atoms with Gasteiger partial charge in [0, 0.05) is 0 Å². The summed E-state index contributed by atoms with van der Waals surface area (Å²) >= 11 is -1.72. The van der Waals surface area contributed by atoms with Crippen LogP contribution in [0.5, 0.6) is 0 Å². The van der Waals surface area contributed by atoms with Crippen molar-refractivity contribution in [2.75, 3.05) is 0 Å². The smallest absolute Gasteiger partial charge is 0.134 e. The van der Waals surface area contributed by atoms with Gasteiger partial charge >= 0.3 is 0 Å². The van der Waals surface area contributed by atoms with E-state index in [0.29, 0.717) is 0 Å². The van der Waals surface area contributed by atoms with E-state index in [9.17, 15) is 0 Å². The Kier molecular flexibility index (Phi) is 14.3. The van der Waals surface area contributed by atoms with E-state index < -0.39 is 13.1 Å². The molecule has 0 saturated heterocycles. The Morgan fingerprint density at radius 2 is 0.488 bits per heavy atom. The third-order valence-corrected chi connectivity index (χ3v) is 16.0. The SMILES string of the molecule is c1ccc(CCC[CH2][Al-]([CH2]CCCc2ccccc2)([CH2]CCCc2ccccc2)[CH2]CCCc2ccccc2)cc1. The number of benzene rings is 4. The molecule has 0 unspecified atom stereocenters. The van der Waals surface area contributed by atoms with Crippen molar-refractivity contribution in [1.29, 1.82) is 0 Å². The van der Waals surface area contributed by atoms with E-state index in [-0.39, 0.29) is 0 Å². The van der Waals surface area contributed by atoms with Crippen molar-refractivity contribution in [3.8, 4) is 0 Å². The molecule has 0 saturated carbocycles. The highest BCUT2D eigenvalue weighted by Crippen LogP contribution is 2.35. The molecule has 0 nitrogen and oxygen atoms in total. The van der Waals surface area contributed by atoms with Crippen molar-refractivity contribution in [1.82, 2.24) is 0 Å². The number of rotatable bonds is 20. The lowest BCUT2D eigenvalue weighted by molar-refractivity contribution is 0.708. The number of hydrogen-bond donors (Lipinski definition) is 0. The number of unbranched alkanes of at least 4 members (excludes halogenated alkanes) is 4. The molecule has 0 radical (unpaired) electrons. The van der Waals surface area contributed by atoms with Gasteiger partial charge in [-0.15, -0.1) is 0 Å². The van der Waals surface area contributed by atoms with Gasteiger partial charge in [0.05, 0.1) is 0 Å². The molecule has 0 N–H and O–H groups in total. The Morgan fingerprint density at radius 3 is 0.707 bits per heavy atom. The molecule has 216 valence electrons. The average Bonchev–Trinajstić information content (AvgIpc) is 3.04. The minimum absolute atomic E-state index is 1.24. The molecule has 1 heteroatoms. The second kappa shape index (κ2) is 18.8. The van der Waals surface area contributed by atoms with E-state index in [0.717, 1.165) is 0 Å². The minimum atomic E-state index is -1.72. The highest BCUT2D eigenvalue weighted by molar-refractivity contribution is 6.79. The van der Waals surface area contributed by atoms with Crippen LogP contribution in [0.15, 0.2) is 121 Å². The van der Waals surface area contributed by atoms with Crippen molar-refractivity contribution < 1.29 is 0 Å². The van der Waals surface area contributed by atoms with E-state index in [2.05, 4.69) is 121 Å². The molecular formula is C40H52Al-. The zero-order valence-electron chi connectivity index (χ0n) is 25.4. The fraction of sp³-hybridized carbons (Fsp3) is 0.400. The predicted octanol–water partition coefficient (Wildman–Crippen LogP) is 11.5. The molecule has 0 aliphatic heterocycles. The summed E-state index contributed by atoms with van der Waals surface area (Å²) in [5.41, 5.74) is 6.04. The fourth-order valence-corrected chi connectivity index (χ4v) is 13.4. The second-order valence-electron chi connectivity index (χ2n) is 12.7. The van der Waals surface area contributed by atoms with Crippen LogP contribution in [0.2, 0.25) is 21.1 Å². The molecule has 0 bridgehead atoms. The highest BCUT2D eigenvalue weighted by atomic mass is 27.2. The van der Waals surface area contributed by atoms with Crippen LogP contribution < -0.4 is 0 Å². The van der Waals surface area contributed by atoms with Gasteiger partial charge in [0.2, 0.25) is 0 Å². The molecule has 0 heterocycles. The first-order valence-electron chi connectivity index (χ1n) is 16.7. The quantitative estimate of drug-likeness (QED) is 0.0746. The lowest BCUT2D eigenvalue weighted by atomic mass is 10.1. The van der Waals surface area contributed by atoms with E-state index in [1.165, 1.54) is 99.3 Å². The Hall–Kier alpha value is -2.59. The molecule has 0 aliphatic rings. The number of hydrogen-bond acceptors (Lipinski definition) is 0. The Labute approximate surface area is 253 Å². The summed E-state index contributed by atoms with van der Waals surface area (Å²) in [5.74, 6) is 0. The number of aryl methyl sites for hydroxylation is 4. The van der Waals surface area contributed by atoms with Crippen LogP contribution in [0.3, 0.4) is 0 Å². The molecular weight excluding hydrogens is 507 g/mol. The van der Waals surface area contributed by atoms with Crippen molar-refractivity contribution in [3.05, 3.63) is 144 Å². The second-order valence-corrected chi connectivity index (χ2v) is 18.4. The molecule has 0 aromatic heterocycles. The van der Waals surface area contributed by atoms with Gasteiger partial charge in [0.15, 0.2) is 0 Å². The molecule has 0 aliphatic carbocycles. The summed E-state index contributed by atoms with van der Waals surface area (Å²) in [7, 11) is 0. The summed E-state index contributed by atoms with van der Waals surface area (Å²) < 4.78 is 0. The molecule has 0 spiro atoms. The van der Waals surface area contributed by atoms with Crippen LogP contribution >= 0.6 is 0 Å². The maximum absolute atomic E-state index is 2.31. The average molecular weight is 560 g/mol. The normalized spacial score (nSPS) is 11.5. The molecule has 0 amide bonds. The molecule has 4 aromatic carbocycles. The van der Waals surface area contributed by atoms with Crippen LogP contribution in [0.4, 0.5) is 0 Å². The van der Waals surface area contributed by atoms with Crippen LogP contribution in [-0.4, -0.2) is 13.1 Å². The topological polar surface area (TPSA) is 0 Å². The summed E-state index contributed by atoms with van der Waals surface area (Å²) in [5, 5.41) is 6.23. The summed E-state index contributed by atoms with van der Waals surface area (Å²) in [4.78, 5) is 0. The molecule has 0 fully saturated rings. The van der Waals surface area contributed by atoms with Crippen molar-refractivity contribution >= 4 is 13.1 Å². The first kappa shape index (κ1) is 31.4. The zero-order valence-corrected chi connectivity index (χ0v) is 26.6. The van der Waals surface area contributed by atoms with E-state index in [4.69, 9.17) is 0 Å². The summed E-state index contributed by atoms with van der Waals surface area (Å²) in [6, 6.07) is 44.6. The first-order valence-corrected chi connectivity index (χ1v) is 20.0. The van der Waals surface area contributed by atoms with Gasteiger partial charge in [-0.2, -0.15) is 21.1 Å². The van der Waals surface area contributed by atoms with Crippen molar-refractivity contribution in [3.63, 3.8) is 0 Å². The van der Waals surface area contributed by atoms with E-state index in [1.54, 1.807) is 21.1 Å². The van der Waals surface area contributed by atoms with Crippen LogP contribution in [0.1, 0.15) is 73.6 Å². The fourth-order valence-electron chi connectivity index (χ4n) is 7.07. The van der Waals surface area contributed by atoms with Crippen LogP contribution in [-0.2, 0) is 25.7 Å². The molecule has 0 atom stereocenters. The van der Waals surface area contributed by atoms with Gasteiger partial charge in [0.1, 0.15) is 13.1 Å². The Balaban J connectivity index is 1.36. The lowest BCUT2D eigenvalue weighted by Crippen LogP contribution is -2.34. The predicted molar refractivity (Wildman–Crippen MR) is 183 cm³/mol. The highest BCUT2D eigenvalue weighted by Gasteiger charge is 2.27. The third kappa shape index (κ3) is 12.4. The molecule has 41 heavy (non-hydrogen) atoms. The Bertz CT molecular complexity index is 975. The van der Waals surface area contributed by atoms with Gasteiger partial charge in [-0.3, -0.25) is 0 Å². The van der Waals surface area contributed by atoms with E-state index >= 15 is 0 Å². The van der Waals surface area contributed by atoms with Gasteiger partial charge in [-0.05, 0) is 47.9 Å². The largest absolute Gasteiger partial charge is 0.191 e. The van der Waals surface area contributed by atoms with Crippen molar-refractivity contribution in [2.45, 2.75) is 98.2 Å². The lowest BCUT2D eigenvalue weighted by Gasteiger charge is -2.37. The van der Waals surface area contributed by atoms with Gasteiger partial charge in [-0.1, -0.05) is 173 Å². The van der Waals surface area contributed by atoms with Crippen LogP contribution in [0.25, 0.3) is 0 Å². The van der Waals surface area contributed by atoms with Crippen LogP contribution in [0, 0.1) is 0 Å². The zero-order chi connectivity index (χ0) is 28.3. The van der Waals surface area contributed by atoms with Gasteiger partial charge < -0.3 is 0 Å². The first-order chi connectivity index (χ1) is 20.3. The maximum Gasteiger partial charge on any atom is 0.134 e. The van der Waals surface area contributed by atoms with Gasteiger partial charge in [0.25, 0.3) is 0 Å². The summed E-state index contributed by atoms with van der Waals surface area (Å²) in [6.45, 7) is 0. The van der Waals surface area contributed by atoms with Crippen molar-refractivity contribution in [2.24, 2.45) is 0 Å². The van der Waals surface area contributed by atoms with Gasteiger partial charge in [-0.25, -0.2) is 0 Å². The minimum Gasteiger partial charge on any atom is -0.191 e. The molecule has 4 rings (SSSR count). The molecule has 4 aromatic rings.